The third kappa shape index (κ3) is 3.22. The third-order valence-electron chi connectivity index (χ3n) is 2.54. The van der Waals surface area contributed by atoms with Crippen molar-refractivity contribution in [3.63, 3.8) is 0 Å². The van der Waals surface area contributed by atoms with Crippen LogP contribution < -0.4 is 4.90 Å². The molecule has 88 valence electrons. The van der Waals surface area contributed by atoms with E-state index in [2.05, 4.69) is 11.9 Å². The normalized spacial score (nSPS) is 10.1. The summed E-state index contributed by atoms with van der Waals surface area (Å²) in [5.74, 6) is -0.903. The molecule has 0 aliphatic rings. The molecule has 0 unspecified atom stereocenters. The van der Waals surface area contributed by atoms with Gasteiger partial charge >= 0.3 is 5.97 Å². The molecule has 1 N–H and O–H groups in total. The Kier molecular flexibility index (Phi) is 4.76. The van der Waals surface area contributed by atoms with Crippen LogP contribution in [0.5, 0.6) is 0 Å². The van der Waals surface area contributed by atoms with Crippen molar-refractivity contribution < 1.29 is 9.90 Å². The Bertz CT molecular complexity index is 353. The number of hydrogen-bond donors (Lipinski definition) is 1. The molecule has 0 bridgehead atoms. The van der Waals surface area contributed by atoms with Crippen molar-refractivity contribution in [1.29, 1.82) is 0 Å². The minimum atomic E-state index is -0.903. The average molecular weight is 222 g/mol. The number of carboxylic acid groups (broad SMARTS) is 1. The summed E-state index contributed by atoms with van der Waals surface area (Å²) in [6.45, 7) is 3.01. The first-order valence-corrected chi connectivity index (χ1v) is 5.55. The fourth-order valence-electron chi connectivity index (χ4n) is 1.59. The van der Waals surface area contributed by atoms with E-state index in [1.165, 1.54) is 12.3 Å². The van der Waals surface area contributed by atoms with Crippen LogP contribution in [0.15, 0.2) is 18.5 Å². The molecule has 4 heteroatoms. The Labute approximate surface area is 95.9 Å². The standard InChI is InChI=1S/C12H18N2O2/c1-3-4-5-8-14(2)11-9-13-7-6-10(11)12(15)16/h6-7,9H,3-5,8H2,1-2H3,(H,15,16). The summed E-state index contributed by atoms with van der Waals surface area (Å²) >= 11 is 0. The number of rotatable bonds is 6. The van der Waals surface area contributed by atoms with Gasteiger partial charge in [-0.05, 0) is 12.5 Å². The molecule has 0 atom stereocenters. The fraction of sp³-hybridized carbons (Fsp3) is 0.500. The van der Waals surface area contributed by atoms with Gasteiger partial charge in [-0.15, -0.1) is 0 Å². The topological polar surface area (TPSA) is 53.4 Å². The molecule has 1 aromatic rings. The highest BCUT2D eigenvalue weighted by Gasteiger charge is 2.12. The molecule has 1 heterocycles. The Hall–Kier alpha value is -1.58. The first kappa shape index (κ1) is 12.5. The molecular formula is C12H18N2O2. The van der Waals surface area contributed by atoms with Crippen LogP contribution in [0, 0.1) is 0 Å². The lowest BCUT2D eigenvalue weighted by Gasteiger charge is -2.20. The Morgan fingerprint density at radius 2 is 2.25 bits per heavy atom. The highest BCUT2D eigenvalue weighted by atomic mass is 16.4. The summed E-state index contributed by atoms with van der Waals surface area (Å²) in [5, 5.41) is 9.03. The van der Waals surface area contributed by atoms with Crippen LogP contribution in [0.4, 0.5) is 5.69 Å². The number of carbonyl (C=O) groups is 1. The van der Waals surface area contributed by atoms with Crippen molar-refractivity contribution in [2.75, 3.05) is 18.5 Å². The van der Waals surface area contributed by atoms with Crippen LogP contribution in [0.3, 0.4) is 0 Å². The monoisotopic (exact) mass is 222 g/mol. The second kappa shape index (κ2) is 6.10. The van der Waals surface area contributed by atoms with Crippen molar-refractivity contribution >= 4 is 11.7 Å². The molecule has 0 amide bonds. The van der Waals surface area contributed by atoms with Gasteiger partial charge in [-0.3, -0.25) is 4.98 Å². The predicted molar refractivity (Wildman–Crippen MR) is 64.0 cm³/mol. The molecule has 0 saturated heterocycles. The Morgan fingerprint density at radius 1 is 1.50 bits per heavy atom. The number of anilines is 1. The molecule has 0 spiro atoms. The number of pyridine rings is 1. The highest BCUT2D eigenvalue weighted by Crippen LogP contribution is 2.18. The lowest BCUT2D eigenvalue weighted by molar-refractivity contribution is 0.0697. The summed E-state index contributed by atoms with van der Waals surface area (Å²) in [6, 6.07) is 1.54. The molecule has 0 aliphatic carbocycles. The lowest BCUT2D eigenvalue weighted by Crippen LogP contribution is -2.21. The van der Waals surface area contributed by atoms with Crippen LogP contribution in [0.1, 0.15) is 36.5 Å². The summed E-state index contributed by atoms with van der Waals surface area (Å²) < 4.78 is 0. The molecule has 1 rings (SSSR count). The molecule has 1 aromatic heterocycles. The van der Waals surface area contributed by atoms with Crippen LogP contribution >= 0.6 is 0 Å². The maximum absolute atomic E-state index is 11.0. The molecular weight excluding hydrogens is 204 g/mol. The first-order valence-electron chi connectivity index (χ1n) is 5.55. The number of carboxylic acids is 1. The maximum Gasteiger partial charge on any atom is 0.337 e. The van der Waals surface area contributed by atoms with Gasteiger partial charge in [-0.25, -0.2) is 4.79 Å². The molecule has 0 radical (unpaired) electrons. The number of nitrogens with zero attached hydrogens (tertiary/aromatic N) is 2. The van der Waals surface area contributed by atoms with E-state index in [1.807, 2.05) is 11.9 Å². The number of hydrogen-bond acceptors (Lipinski definition) is 3. The minimum Gasteiger partial charge on any atom is -0.478 e. The van der Waals surface area contributed by atoms with E-state index in [1.54, 1.807) is 6.20 Å². The SMILES string of the molecule is CCCCCN(C)c1cnccc1C(=O)O. The van der Waals surface area contributed by atoms with Gasteiger partial charge in [0.15, 0.2) is 0 Å². The van der Waals surface area contributed by atoms with Crippen molar-refractivity contribution in [2.24, 2.45) is 0 Å². The van der Waals surface area contributed by atoms with E-state index in [-0.39, 0.29) is 0 Å². The number of aromatic carboxylic acids is 1. The zero-order chi connectivity index (χ0) is 12.0. The quantitative estimate of drug-likeness (QED) is 0.751. The second-order valence-corrected chi connectivity index (χ2v) is 3.83. The van der Waals surface area contributed by atoms with Crippen LogP contribution in [0.2, 0.25) is 0 Å². The van der Waals surface area contributed by atoms with Gasteiger partial charge in [0.05, 0.1) is 17.4 Å². The van der Waals surface area contributed by atoms with Crippen molar-refractivity contribution in [2.45, 2.75) is 26.2 Å². The summed E-state index contributed by atoms with van der Waals surface area (Å²) in [6.07, 6.45) is 6.50. The number of unbranched alkanes of at least 4 members (excludes halogenated alkanes) is 2. The van der Waals surface area contributed by atoms with Gasteiger partial charge in [0.2, 0.25) is 0 Å². The molecule has 0 fully saturated rings. The van der Waals surface area contributed by atoms with E-state index >= 15 is 0 Å². The van der Waals surface area contributed by atoms with E-state index < -0.39 is 5.97 Å². The van der Waals surface area contributed by atoms with Crippen molar-refractivity contribution in [3.05, 3.63) is 24.0 Å². The fourth-order valence-corrected chi connectivity index (χ4v) is 1.59. The largest absolute Gasteiger partial charge is 0.478 e. The molecule has 0 aromatic carbocycles. The van der Waals surface area contributed by atoms with E-state index in [9.17, 15) is 4.79 Å². The molecule has 4 nitrogen and oxygen atoms in total. The van der Waals surface area contributed by atoms with Gasteiger partial charge in [-0.2, -0.15) is 0 Å². The van der Waals surface area contributed by atoms with Crippen LogP contribution in [0.25, 0.3) is 0 Å². The highest BCUT2D eigenvalue weighted by molar-refractivity contribution is 5.94. The zero-order valence-corrected chi connectivity index (χ0v) is 9.81. The minimum absolute atomic E-state index is 0.314. The van der Waals surface area contributed by atoms with Crippen LogP contribution in [-0.2, 0) is 0 Å². The summed E-state index contributed by atoms with van der Waals surface area (Å²) in [7, 11) is 1.90. The predicted octanol–water partition coefficient (Wildman–Crippen LogP) is 2.41. The van der Waals surface area contributed by atoms with E-state index in [0.717, 1.165) is 25.8 Å². The van der Waals surface area contributed by atoms with Gasteiger partial charge in [-0.1, -0.05) is 19.8 Å². The average Bonchev–Trinajstić information content (AvgIpc) is 2.29. The van der Waals surface area contributed by atoms with E-state index in [0.29, 0.717) is 11.3 Å². The van der Waals surface area contributed by atoms with Crippen molar-refractivity contribution in [3.8, 4) is 0 Å². The van der Waals surface area contributed by atoms with Crippen molar-refractivity contribution in [1.82, 2.24) is 4.98 Å². The summed E-state index contributed by atoms with van der Waals surface area (Å²) in [5.41, 5.74) is 1.00. The van der Waals surface area contributed by atoms with Crippen LogP contribution in [-0.4, -0.2) is 29.7 Å². The molecule has 0 aliphatic heterocycles. The number of aromatic nitrogens is 1. The Morgan fingerprint density at radius 3 is 2.88 bits per heavy atom. The molecule has 16 heavy (non-hydrogen) atoms. The van der Waals surface area contributed by atoms with Gasteiger partial charge in [0.1, 0.15) is 0 Å². The Balaban J connectivity index is 2.74. The lowest BCUT2D eigenvalue weighted by atomic mass is 10.2. The second-order valence-electron chi connectivity index (χ2n) is 3.83. The zero-order valence-electron chi connectivity index (χ0n) is 9.81. The maximum atomic E-state index is 11.0. The van der Waals surface area contributed by atoms with E-state index in [4.69, 9.17) is 5.11 Å². The smallest absolute Gasteiger partial charge is 0.337 e. The molecule has 0 saturated carbocycles. The van der Waals surface area contributed by atoms with Gasteiger partial charge < -0.3 is 10.0 Å². The first-order chi connectivity index (χ1) is 7.66. The van der Waals surface area contributed by atoms with Gasteiger partial charge in [0.25, 0.3) is 0 Å². The van der Waals surface area contributed by atoms with Gasteiger partial charge in [0, 0.05) is 19.8 Å². The summed E-state index contributed by atoms with van der Waals surface area (Å²) in [4.78, 5) is 16.9. The third-order valence-corrected chi connectivity index (χ3v) is 2.54.